The molecule has 2 heterocycles. The van der Waals surface area contributed by atoms with Crippen molar-refractivity contribution < 1.29 is 4.42 Å². The highest BCUT2D eigenvalue weighted by atomic mass is 32.1. The van der Waals surface area contributed by atoms with Gasteiger partial charge in [0.15, 0.2) is 5.13 Å². The maximum Gasteiger partial charge on any atom is 0.183 e. The van der Waals surface area contributed by atoms with Gasteiger partial charge in [-0.05, 0) is 40.7 Å². The van der Waals surface area contributed by atoms with Crippen LogP contribution < -0.4 is 5.32 Å². The Bertz CT molecular complexity index is 520. The lowest BCUT2D eigenvalue weighted by atomic mass is 10.1. The Hall–Kier alpha value is -1.29. The van der Waals surface area contributed by atoms with Crippen LogP contribution in [0.4, 0.5) is 5.13 Å². The molecule has 0 amide bonds. The zero-order valence-electron chi connectivity index (χ0n) is 10.9. The van der Waals surface area contributed by atoms with E-state index in [9.17, 15) is 0 Å². The van der Waals surface area contributed by atoms with Crippen LogP contribution in [0.25, 0.3) is 11.3 Å². The average Bonchev–Trinajstić information content (AvgIpc) is 2.70. The van der Waals surface area contributed by atoms with E-state index in [1.807, 2.05) is 19.9 Å². The molecule has 0 saturated heterocycles. The molecule has 0 radical (unpaired) electrons. The Morgan fingerprint density at radius 1 is 1.29 bits per heavy atom. The second-order valence-electron chi connectivity index (χ2n) is 5.24. The van der Waals surface area contributed by atoms with Gasteiger partial charge in [-0.2, -0.15) is 0 Å². The van der Waals surface area contributed by atoms with Crippen molar-refractivity contribution in [3.05, 3.63) is 23.0 Å². The quantitative estimate of drug-likeness (QED) is 0.866. The molecule has 4 heteroatoms. The van der Waals surface area contributed by atoms with Gasteiger partial charge in [0, 0.05) is 16.5 Å². The summed E-state index contributed by atoms with van der Waals surface area (Å²) in [6, 6.07) is 2.03. The molecule has 0 spiro atoms. The van der Waals surface area contributed by atoms with E-state index < -0.39 is 0 Å². The van der Waals surface area contributed by atoms with Crippen molar-refractivity contribution >= 4 is 16.5 Å². The number of thiazole rings is 1. The number of hydrogen-bond donors (Lipinski definition) is 1. The molecule has 0 aliphatic heterocycles. The molecule has 17 heavy (non-hydrogen) atoms. The van der Waals surface area contributed by atoms with Gasteiger partial charge in [-0.1, -0.05) is 0 Å². The summed E-state index contributed by atoms with van der Waals surface area (Å²) in [6.45, 7) is 10.3. The zero-order valence-corrected chi connectivity index (χ0v) is 11.7. The van der Waals surface area contributed by atoms with E-state index in [1.165, 1.54) is 0 Å². The summed E-state index contributed by atoms with van der Waals surface area (Å²) in [4.78, 5) is 4.59. The van der Waals surface area contributed by atoms with Crippen molar-refractivity contribution in [2.75, 3.05) is 5.32 Å². The Morgan fingerprint density at radius 2 is 2.00 bits per heavy atom. The smallest absolute Gasteiger partial charge is 0.183 e. The third kappa shape index (κ3) is 2.88. The van der Waals surface area contributed by atoms with Gasteiger partial charge in [-0.25, -0.2) is 4.98 Å². The van der Waals surface area contributed by atoms with Gasteiger partial charge in [-0.3, -0.25) is 0 Å². The molecule has 0 saturated carbocycles. The standard InChI is InChI=1S/C13H18N2OS/c1-8-6-10(9(2)16-8)11-7-17-12(14-11)15-13(3,4)5/h6-7H,1-5H3,(H,14,15). The van der Waals surface area contributed by atoms with E-state index in [0.717, 1.165) is 27.9 Å². The fourth-order valence-corrected chi connectivity index (χ4v) is 2.58. The highest BCUT2D eigenvalue weighted by Crippen LogP contribution is 2.30. The molecule has 2 rings (SSSR count). The number of nitrogens with one attached hydrogen (secondary N) is 1. The topological polar surface area (TPSA) is 38.1 Å². The van der Waals surface area contributed by atoms with Gasteiger partial charge < -0.3 is 9.73 Å². The molecule has 0 aliphatic carbocycles. The summed E-state index contributed by atoms with van der Waals surface area (Å²) < 4.78 is 5.52. The first-order valence-corrected chi connectivity index (χ1v) is 6.54. The van der Waals surface area contributed by atoms with Gasteiger partial charge >= 0.3 is 0 Å². The first-order valence-electron chi connectivity index (χ1n) is 5.66. The summed E-state index contributed by atoms with van der Waals surface area (Å²) in [7, 11) is 0. The summed E-state index contributed by atoms with van der Waals surface area (Å²) in [6.07, 6.45) is 0. The third-order valence-corrected chi connectivity index (χ3v) is 3.06. The Balaban J connectivity index is 2.27. The second kappa shape index (κ2) is 4.18. The van der Waals surface area contributed by atoms with Crippen molar-refractivity contribution in [1.82, 2.24) is 4.98 Å². The zero-order chi connectivity index (χ0) is 12.6. The van der Waals surface area contributed by atoms with E-state index in [-0.39, 0.29) is 5.54 Å². The third-order valence-electron chi connectivity index (χ3n) is 2.30. The van der Waals surface area contributed by atoms with E-state index in [1.54, 1.807) is 11.3 Å². The molecule has 0 unspecified atom stereocenters. The number of furan rings is 1. The molecule has 92 valence electrons. The van der Waals surface area contributed by atoms with Crippen molar-refractivity contribution in [3.63, 3.8) is 0 Å². The van der Waals surface area contributed by atoms with Gasteiger partial charge in [-0.15, -0.1) is 11.3 Å². The molecular formula is C13H18N2OS. The first-order chi connectivity index (χ1) is 7.85. The SMILES string of the molecule is Cc1cc(-c2csc(NC(C)(C)C)n2)c(C)o1. The van der Waals surface area contributed by atoms with Crippen LogP contribution in [0, 0.1) is 13.8 Å². The molecule has 0 atom stereocenters. The summed E-state index contributed by atoms with van der Waals surface area (Å²) in [5.74, 6) is 1.85. The van der Waals surface area contributed by atoms with Crippen molar-refractivity contribution in [1.29, 1.82) is 0 Å². The maximum absolute atomic E-state index is 5.52. The van der Waals surface area contributed by atoms with Crippen LogP contribution in [0.15, 0.2) is 15.9 Å². The normalized spacial score (nSPS) is 11.8. The minimum Gasteiger partial charge on any atom is -0.466 e. The van der Waals surface area contributed by atoms with Gasteiger partial charge in [0.1, 0.15) is 11.5 Å². The molecule has 2 aromatic rings. The fourth-order valence-electron chi connectivity index (χ4n) is 1.66. The number of nitrogens with zero attached hydrogens (tertiary/aromatic N) is 1. The number of anilines is 1. The lowest BCUT2D eigenvalue weighted by Crippen LogP contribution is -2.25. The molecule has 2 aromatic heterocycles. The number of aromatic nitrogens is 1. The number of hydrogen-bond acceptors (Lipinski definition) is 4. The van der Waals surface area contributed by atoms with E-state index in [0.29, 0.717) is 0 Å². The minimum atomic E-state index is 0.0382. The summed E-state index contributed by atoms with van der Waals surface area (Å²) in [5.41, 5.74) is 2.10. The van der Waals surface area contributed by atoms with Crippen molar-refractivity contribution in [2.45, 2.75) is 40.2 Å². The Kier molecular flexibility index (Phi) is 3.00. The van der Waals surface area contributed by atoms with Crippen LogP contribution in [0.3, 0.4) is 0 Å². The highest BCUT2D eigenvalue weighted by molar-refractivity contribution is 7.14. The maximum atomic E-state index is 5.52. The van der Waals surface area contributed by atoms with Crippen LogP contribution in [-0.2, 0) is 0 Å². The molecule has 1 N–H and O–H groups in total. The molecule has 0 fully saturated rings. The summed E-state index contributed by atoms with van der Waals surface area (Å²) >= 11 is 1.63. The highest BCUT2D eigenvalue weighted by Gasteiger charge is 2.14. The Labute approximate surface area is 106 Å². The lowest BCUT2D eigenvalue weighted by molar-refractivity contribution is 0.505. The molecular weight excluding hydrogens is 232 g/mol. The molecule has 3 nitrogen and oxygen atoms in total. The van der Waals surface area contributed by atoms with Crippen LogP contribution in [0.1, 0.15) is 32.3 Å². The van der Waals surface area contributed by atoms with E-state index in [4.69, 9.17) is 4.42 Å². The lowest BCUT2D eigenvalue weighted by Gasteiger charge is -2.19. The predicted molar refractivity (Wildman–Crippen MR) is 72.7 cm³/mol. The molecule has 0 aromatic carbocycles. The monoisotopic (exact) mass is 250 g/mol. The molecule has 0 aliphatic rings. The fraction of sp³-hybridized carbons (Fsp3) is 0.462. The van der Waals surface area contributed by atoms with Crippen LogP contribution in [0.2, 0.25) is 0 Å². The van der Waals surface area contributed by atoms with E-state index >= 15 is 0 Å². The van der Waals surface area contributed by atoms with Gasteiger partial charge in [0.05, 0.1) is 5.69 Å². The number of aryl methyl sites for hydroxylation is 2. The van der Waals surface area contributed by atoms with Crippen LogP contribution in [-0.4, -0.2) is 10.5 Å². The van der Waals surface area contributed by atoms with E-state index in [2.05, 4.69) is 36.5 Å². The average molecular weight is 250 g/mol. The number of rotatable bonds is 2. The first kappa shape index (κ1) is 12.2. The van der Waals surface area contributed by atoms with Crippen molar-refractivity contribution in [2.24, 2.45) is 0 Å². The molecule has 0 bridgehead atoms. The van der Waals surface area contributed by atoms with Crippen molar-refractivity contribution in [3.8, 4) is 11.3 Å². The largest absolute Gasteiger partial charge is 0.466 e. The van der Waals surface area contributed by atoms with Crippen LogP contribution in [0.5, 0.6) is 0 Å². The van der Waals surface area contributed by atoms with Gasteiger partial charge in [0.2, 0.25) is 0 Å². The Morgan fingerprint density at radius 3 is 2.53 bits per heavy atom. The summed E-state index contributed by atoms with van der Waals surface area (Å²) in [5, 5.41) is 6.38. The minimum absolute atomic E-state index is 0.0382. The van der Waals surface area contributed by atoms with Crippen LogP contribution >= 0.6 is 11.3 Å². The predicted octanol–water partition coefficient (Wildman–Crippen LogP) is 4.23. The second-order valence-corrected chi connectivity index (χ2v) is 6.10. The van der Waals surface area contributed by atoms with Gasteiger partial charge in [0.25, 0.3) is 0 Å².